The van der Waals surface area contributed by atoms with Gasteiger partial charge in [-0.15, -0.1) is 0 Å². The van der Waals surface area contributed by atoms with Gasteiger partial charge in [0.2, 0.25) is 0 Å². The summed E-state index contributed by atoms with van der Waals surface area (Å²) in [6.07, 6.45) is 0.838. The minimum absolute atomic E-state index is 0.113. The van der Waals surface area contributed by atoms with Crippen molar-refractivity contribution in [3.63, 3.8) is 0 Å². The number of hydrogen-bond donors (Lipinski definition) is 2. The van der Waals surface area contributed by atoms with Crippen LogP contribution in [0.3, 0.4) is 0 Å². The minimum Gasteiger partial charge on any atom is -0.409 e. The lowest BCUT2D eigenvalue weighted by molar-refractivity contribution is -0.0125. The van der Waals surface area contributed by atoms with Gasteiger partial charge in [0, 0.05) is 19.3 Å². The predicted octanol–water partition coefficient (Wildman–Crippen LogP) is 2.42. The molecule has 0 fully saturated rings. The number of nitrogens with two attached hydrogens (primary N) is 1. The van der Waals surface area contributed by atoms with E-state index >= 15 is 0 Å². The van der Waals surface area contributed by atoms with E-state index < -0.39 is 0 Å². The molecule has 0 saturated heterocycles. The quantitative estimate of drug-likeness (QED) is 0.264. The van der Waals surface area contributed by atoms with E-state index in [9.17, 15) is 0 Å². The maximum absolute atomic E-state index is 8.65. The fraction of sp³-hybridized carbons (Fsp3) is 0.533. The standard InChI is InChI=1S/C15H24N2O3/c1-11-9-12(14(16)17-18)5-6-13(11)10-20-8-7-15(2,3)19-4/h5-6,9,18H,7-8,10H2,1-4H3,(H2,16,17). The molecule has 0 aromatic heterocycles. The van der Waals surface area contributed by atoms with E-state index in [2.05, 4.69) is 5.16 Å². The van der Waals surface area contributed by atoms with E-state index in [-0.39, 0.29) is 11.4 Å². The number of aryl methyl sites for hydroxylation is 1. The molecule has 5 nitrogen and oxygen atoms in total. The molecule has 0 aliphatic rings. The van der Waals surface area contributed by atoms with Gasteiger partial charge in [-0.2, -0.15) is 0 Å². The van der Waals surface area contributed by atoms with E-state index in [1.807, 2.05) is 39.0 Å². The molecular formula is C15H24N2O3. The van der Waals surface area contributed by atoms with Gasteiger partial charge in [-0.3, -0.25) is 0 Å². The molecule has 0 aliphatic heterocycles. The number of rotatable bonds is 7. The van der Waals surface area contributed by atoms with Crippen LogP contribution in [0, 0.1) is 6.92 Å². The number of hydrogen-bond acceptors (Lipinski definition) is 4. The van der Waals surface area contributed by atoms with E-state index in [0.29, 0.717) is 18.8 Å². The fourth-order valence-corrected chi connectivity index (χ4v) is 1.68. The molecule has 0 bridgehead atoms. The zero-order chi connectivity index (χ0) is 15.2. The summed E-state index contributed by atoms with van der Waals surface area (Å²) in [4.78, 5) is 0. The van der Waals surface area contributed by atoms with Crippen LogP contribution in [0.1, 0.15) is 37.0 Å². The van der Waals surface area contributed by atoms with Crippen LogP contribution < -0.4 is 5.73 Å². The molecule has 0 saturated carbocycles. The highest BCUT2D eigenvalue weighted by atomic mass is 16.5. The van der Waals surface area contributed by atoms with Crippen molar-refractivity contribution in [3.8, 4) is 0 Å². The molecule has 1 aromatic rings. The molecule has 3 N–H and O–H groups in total. The van der Waals surface area contributed by atoms with Gasteiger partial charge in [0.1, 0.15) is 0 Å². The normalized spacial score (nSPS) is 12.7. The summed E-state index contributed by atoms with van der Waals surface area (Å²) in [6.45, 7) is 7.23. The second-order valence-electron chi connectivity index (χ2n) is 5.39. The monoisotopic (exact) mass is 280 g/mol. The van der Waals surface area contributed by atoms with Gasteiger partial charge in [0.05, 0.1) is 12.2 Å². The number of nitrogens with zero attached hydrogens (tertiary/aromatic N) is 1. The van der Waals surface area contributed by atoms with Gasteiger partial charge in [0.25, 0.3) is 0 Å². The molecule has 0 atom stereocenters. The second kappa shape index (κ2) is 7.26. The third-order valence-electron chi connectivity index (χ3n) is 3.40. The average molecular weight is 280 g/mol. The number of methoxy groups -OCH3 is 1. The van der Waals surface area contributed by atoms with Crippen molar-refractivity contribution in [2.75, 3.05) is 13.7 Å². The van der Waals surface area contributed by atoms with Gasteiger partial charge in [-0.1, -0.05) is 17.3 Å². The van der Waals surface area contributed by atoms with Crippen LogP contribution in [0.15, 0.2) is 23.4 Å². The van der Waals surface area contributed by atoms with E-state index in [1.165, 1.54) is 0 Å². The summed E-state index contributed by atoms with van der Waals surface area (Å²) in [5.74, 6) is 0.113. The molecule has 0 spiro atoms. The molecule has 5 heteroatoms. The van der Waals surface area contributed by atoms with Crippen molar-refractivity contribution in [2.24, 2.45) is 10.9 Å². The zero-order valence-electron chi connectivity index (χ0n) is 12.6. The Bertz CT molecular complexity index is 470. The largest absolute Gasteiger partial charge is 0.409 e. The van der Waals surface area contributed by atoms with Crippen molar-refractivity contribution in [1.29, 1.82) is 0 Å². The number of amidine groups is 1. The second-order valence-corrected chi connectivity index (χ2v) is 5.39. The van der Waals surface area contributed by atoms with Crippen molar-refractivity contribution in [3.05, 3.63) is 34.9 Å². The van der Waals surface area contributed by atoms with Crippen LogP contribution in [0.4, 0.5) is 0 Å². The highest BCUT2D eigenvalue weighted by Gasteiger charge is 2.15. The van der Waals surface area contributed by atoms with Crippen LogP contribution in [0.5, 0.6) is 0 Å². The summed E-state index contributed by atoms with van der Waals surface area (Å²) in [7, 11) is 1.70. The van der Waals surface area contributed by atoms with E-state index in [4.69, 9.17) is 20.4 Å². The van der Waals surface area contributed by atoms with Crippen LogP contribution in [0.25, 0.3) is 0 Å². The molecule has 0 aliphatic carbocycles. The Morgan fingerprint density at radius 2 is 2.10 bits per heavy atom. The number of oxime groups is 1. The van der Waals surface area contributed by atoms with Crippen molar-refractivity contribution in [1.82, 2.24) is 0 Å². The van der Waals surface area contributed by atoms with Gasteiger partial charge in [-0.25, -0.2) is 0 Å². The minimum atomic E-state index is -0.162. The topological polar surface area (TPSA) is 77.1 Å². The Morgan fingerprint density at radius 3 is 2.65 bits per heavy atom. The molecule has 0 amide bonds. The average Bonchev–Trinajstić information content (AvgIpc) is 2.44. The van der Waals surface area contributed by atoms with Crippen molar-refractivity contribution >= 4 is 5.84 Å². The first kappa shape index (κ1) is 16.5. The molecule has 0 unspecified atom stereocenters. The first-order valence-corrected chi connectivity index (χ1v) is 6.60. The van der Waals surface area contributed by atoms with E-state index in [1.54, 1.807) is 7.11 Å². The molecule has 1 aromatic carbocycles. The Morgan fingerprint density at radius 1 is 1.40 bits per heavy atom. The lowest BCUT2D eigenvalue weighted by Crippen LogP contribution is -2.24. The molecule has 0 radical (unpaired) electrons. The third kappa shape index (κ3) is 4.83. The van der Waals surface area contributed by atoms with Gasteiger partial charge in [0.15, 0.2) is 5.84 Å². The summed E-state index contributed by atoms with van der Waals surface area (Å²) in [5.41, 5.74) is 8.24. The zero-order valence-corrected chi connectivity index (χ0v) is 12.6. The molecular weight excluding hydrogens is 256 g/mol. The van der Waals surface area contributed by atoms with Gasteiger partial charge < -0.3 is 20.4 Å². The van der Waals surface area contributed by atoms with E-state index in [0.717, 1.165) is 17.5 Å². The van der Waals surface area contributed by atoms with Crippen molar-refractivity contribution in [2.45, 2.75) is 39.4 Å². The van der Waals surface area contributed by atoms with Gasteiger partial charge >= 0.3 is 0 Å². The summed E-state index contributed by atoms with van der Waals surface area (Å²) < 4.78 is 11.0. The molecule has 0 heterocycles. The molecule has 112 valence electrons. The Kier molecular flexibility index (Phi) is 5.98. The number of benzene rings is 1. The Labute approximate surface area is 120 Å². The first-order valence-electron chi connectivity index (χ1n) is 6.60. The van der Waals surface area contributed by atoms with Crippen molar-refractivity contribution < 1.29 is 14.7 Å². The molecule has 20 heavy (non-hydrogen) atoms. The summed E-state index contributed by atoms with van der Waals surface area (Å²) >= 11 is 0. The third-order valence-corrected chi connectivity index (χ3v) is 3.40. The highest BCUT2D eigenvalue weighted by Crippen LogP contribution is 2.15. The van der Waals surface area contributed by atoms with Crippen LogP contribution in [0.2, 0.25) is 0 Å². The molecule has 1 rings (SSSR count). The van der Waals surface area contributed by atoms with Crippen LogP contribution in [-0.2, 0) is 16.1 Å². The Balaban J connectivity index is 2.53. The SMILES string of the molecule is COC(C)(C)CCOCc1ccc(/C(N)=N/O)cc1C. The first-order chi connectivity index (χ1) is 9.39. The van der Waals surface area contributed by atoms with Crippen LogP contribution in [-0.4, -0.2) is 30.4 Å². The lowest BCUT2D eigenvalue weighted by atomic mass is 10.0. The predicted molar refractivity (Wildman–Crippen MR) is 79.1 cm³/mol. The smallest absolute Gasteiger partial charge is 0.170 e. The Hall–Kier alpha value is -1.59. The highest BCUT2D eigenvalue weighted by molar-refractivity contribution is 5.97. The summed E-state index contributed by atoms with van der Waals surface area (Å²) in [5, 5.41) is 11.6. The van der Waals surface area contributed by atoms with Gasteiger partial charge in [-0.05, 0) is 44.4 Å². The fourth-order valence-electron chi connectivity index (χ4n) is 1.68. The lowest BCUT2D eigenvalue weighted by Gasteiger charge is -2.22. The summed E-state index contributed by atoms with van der Waals surface area (Å²) in [6, 6.07) is 5.64. The van der Waals surface area contributed by atoms with Crippen LogP contribution >= 0.6 is 0 Å². The number of ether oxygens (including phenoxy) is 2. The maximum Gasteiger partial charge on any atom is 0.170 e. The maximum atomic E-state index is 8.65.